The van der Waals surface area contributed by atoms with Crippen molar-refractivity contribution in [1.82, 2.24) is 15.2 Å². The summed E-state index contributed by atoms with van der Waals surface area (Å²) in [6.07, 6.45) is 0. The van der Waals surface area contributed by atoms with Crippen LogP contribution in [-0.4, -0.2) is 34.3 Å². The summed E-state index contributed by atoms with van der Waals surface area (Å²) in [6.45, 7) is 2.23. The number of amides is 2. The third-order valence-electron chi connectivity index (χ3n) is 2.23. The fraction of sp³-hybridized carbons (Fsp3) is 0.444. The van der Waals surface area contributed by atoms with Crippen LogP contribution >= 0.6 is 11.3 Å². The molecule has 0 spiro atoms. The summed E-state index contributed by atoms with van der Waals surface area (Å²) in [5, 5.41) is 4.47. The number of nitrogens with zero attached hydrogens (tertiary/aromatic N) is 2. The lowest BCUT2D eigenvalue weighted by Gasteiger charge is -2.30. The second kappa shape index (κ2) is 3.98. The number of hydrogen-bond donors (Lipinski definition) is 1. The molecule has 6 heteroatoms. The molecule has 1 aliphatic heterocycles. The van der Waals surface area contributed by atoms with Gasteiger partial charge in [-0.1, -0.05) is 0 Å². The average molecular weight is 225 g/mol. The Kier molecular flexibility index (Phi) is 2.68. The van der Waals surface area contributed by atoms with Crippen molar-refractivity contribution in [1.29, 1.82) is 0 Å². The lowest BCUT2D eigenvalue weighted by Crippen LogP contribution is -2.56. The summed E-state index contributed by atoms with van der Waals surface area (Å²) in [7, 11) is 0. The maximum atomic E-state index is 11.7. The zero-order chi connectivity index (χ0) is 10.8. The first-order valence-electron chi connectivity index (χ1n) is 4.62. The molecule has 1 fully saturated rings. The molecule has 1 aromatic rings. The molecular weight excluding hydrogens is 214 g/mol. The zero-order valence-corrected chi connectivity index (χ0v) is 9.08. The molecule has 0 aliphatic carbocycles. The molecule has 2 amide bonds. The number of thiazole rings is 1. The van der Waals surface area contributed by atoms with E-state index in [1.54, 1.807) is 12.4 Å². The average Bonchev–Trinajstić information content (AvgIpc) is 2.66. The monoisotopic (exact) mass is 225 g/mol. The number of hydrogen-bond acceptors (Lipinski definition) is 4. The van der Waals surface area contributed by atoms with E-state index in [0.29, 0.717) is 6.54 Å². The first-order valence-corrected chi connectivity index (χ1v) is 5.56. The Balaban J connectivity index is 2.07. The summed E-state index contributed by atoms with van der Waals surface area (Å²) in [4.78, 5) is 28.5. The first kappa shape index (κ1) is 10.1. The van der Waals surface area contributed by atoms with E-state index in [-0.39, 0.29) is 18.4 Å². The number of carbonyl (C=O) groups excluding carboxylic acids is 2. The van der Waals surface area contributed by atoms with E-state index in [1.165, 1.54) is 16.2 Å². The highest BCUT2D eigenvalue weighted by Gasteiger charge is 2.29. The Labute approximate surface area is 91.1 Å². The third kappa shape index (κ3) is 2.15. The molecule has 1 aliphatic rings. The predicted molar refractivity (Wildman–Crippen MR) is 55.1 cm³/mol. The van der Waals surface area contributed by atoms with Gasteiger partial charge in [0.2, 0.25) is 11.8 Å². The Bertz CT molecular complexity index is 377. The lowest BCUT2D eigenvalue weighted by molar-refractivity contribution is -0.144. The van der Waals surface area contributed by atoms with Gasteiger partial charge in [0.1, 0.15) is 12.6 Å². The summed E-state index contributed by atoms with van der Waals surface area (Å²) >= 11 is 1.48. The van der Waals surface area contributed by atoms with Gasteiger partial charge in [-0.2, -0.15) is 0 Å². The maximum Gasteiger partial charge on any atom is 0.245 e. The first-order chi connectivity index (χ1) is 7.16. The molecule has 1 atom stereocenters. The van der Waals surface area contributed by atoms with Crippen LogP contribution in [0, 0.1) is 0 Å². The topological polar surface area (TPSA) is 62.3 Å². The molecule has 0 saturated carbocycles. The van der Waals surface area contributed by atoms with Crippen molar-refractivity contribution in [2.24, 2.45) is 0 Å². The normalized spacial score (nSPS) is 21.7. The van der Waals surface area contributed by atoms with Gasteiger partial charge in [-0.15, -0.1) is 11.3 Å². The van der Waals surface area contributed by atoms with Crippen molar-refractivity contribution >= 4 is 23.2 Å². The van der Waals surface area contributed by atoms with Gasteiger partial charge in [0.15, 0.2) is 0 Å². The van der Waals surface area contributed by atoms with Crippen LogP contribution in [0.3, 0.4) is 0 Å². The van der Waals surface area contributed by atoms with Gasteiger partial charge in [-0.3, -0.25) is 9.59 Å². The van der Waals surface area contributed by atoms with Crippen molar-refractivity contribution < 1.29 is 9.59 Å². The van der Waals surface area contributed by atoms with E-state index >= 15 is 0 Å². The van der Waals surface area contributed by atoms with Crippen LogP contribution in [0.15, 0.2) is 10.9 Å². The standard InChI is InChI=1S/C9H11N3O2S/c1-6-9(14)12(3-8(13)11-6)2-7-4-15-5-10-7/h4-6H,2-3H2,1H3,(H,11,13). The lowest BCUT2D eigenvalue weighted by atomic mass is 10.2. The Morgan fingerprint density at radius 1 is 1.67 bits per heavy atom. The van der Waals surface area contributed by atoms with E-state index in [4.69, 9.17) is 0 Å². The maximum absolute atomic E-state index is 11.7. The van der Waals surface area contributed by atoms with E-state index in [2.05, 4.69) is 10.3 Å². The molecule has 15 heavy (non-hydrogen) atoms. The van der Waals surface area contributed by atoms with Crippen LogP contribution in [0.2, 0.25) is 0 Å². The molecule has 80 valence electrons. The van der Waals surface area contributed by atoms with Crippen molar-refractivity contribution in [2.45, 2.75) is 19.5 Å². The van der Waals surface area contributed by atoms with E-state index in [1.807, 2.05) is 5.38 Å². The van der Waals surface area contributed by atoms with Gasteiger partial charge in [0, 0.05) is 5.38 Å². The van der Waals surface area contributed by atoms with Crippen molar-refractivity contribution in [3.05, 3.63) is 16.6 Å². The van der Waals surface area contributed by atoms with Crippen molar-refractivity contribution in [2.75, 3.05) is 6.54 Å². The Hall–Kier alpha value is -1.43. The summed E-state index contributed by atoms with van der Waals surface area (Å²) in [5.41, 5.74) is 2.54. The zero-order valence-electron chi connectivity index (χ0n) is 8.27. The van der Waals surface area contributed by atoms with Gasteiger partial charge < -0.3 is 10.2 Å². The smallest absolute Gasteiger partial charge is 0.245 e. The van der Waals surface area contributed by atoms with Crippen LogP contribution in [0.4, 0.5) is 0 Å². The van der Waals surface area contributed by atoms with Crippen LogP contribution in [-0.2, 0) is 16.1 Å². The minimum Gasteiger partial charge on any atom is -0.343 e. The van der Waals surface area contributed by atoms with E-state index in [9.17, 15) is 9.59 Å². The number of carbonyl (C=O) groups is 2. The Morgan fingerprint density at radius 2 is 2.47 bits per heavy atom. The quantitative estimate of drug-likeness (QED) is 0.770. The van der Waals surface area contributed by atoms with E-state index < -0.39 is 6.04 Å². The minimum atomic E-state index is -0.426. The van der Waals surface area contributed by atoms with E-state index in [0.717, 1.165) is 5.69 Å². The fourth-order valence-corrected chi connectivity index (χ4v) is 2.07. The summed E-state index contributed by atoms with van der Waals surface area (Å²) < 4.78 is 0. The highest BCUT2D eigenvalue weighted by molar-refractivity contribution is 7.07. The molecule has 1 aromatic heterocycles. The summed E-state index contributed by atoms with van der Waals surface area (Å²) in [5.74, 6) is -0.167. The molecule has 1 saturated heterocycles. The number of aromatic nitrogens is 1. The van der Waals surface area contributed by atoms with Gasteiger partial charge in [0.05, 0.1) is 17.7 Å². The second-order valence-corrected chi connectivity index (χ2v) is 4.18. The molecule has 1 N–H and O–H groups in total. The number of rotatable bonds is 2. The minimum absolute atomic E-state index is 0.0531. The van der Waals surface area contributed by atoms with Gasteiger partial charge >= 0.3 is 0 Å². The molecule has 0 bridgehead atoms. The van der Waals surface area contributed by atoms with Gasteiger partial charge in [0.25, 0.3) is 0 Å². The van der Waals surface area contributed by atoms with Crippen molar-refractivity contribution in [3.8, 4) is 0 Å². The second-order valence-electron chi connectivity index (χ2n) is 3.46. The van der Waals surface area contributed by atoms with Gasteiger partial charge in [-0.05, 0) is 6.92 Å². The van der Waals surface area contributed by atoms with Crippen LogP contribution < -0.4 is 5.32 Å². The highest BCUT2D eigenvalue weighted by Crippen LogP contribution is 2.09. The molecule has 2 heterocycles. The van der Waals surface area contributed by atoms with Crippen LogP contribution in [0.1, 0.15) is 12.6 Å². The third-order valence-corrected chi connectivity index (χ3v) is 2.87. The van der Waals surface area contributed by atoms with Crippen LogP contribution in [0.25, 0.3) is 0 Å². The molecule has 0 radical (unpaired) electrons. The fourth-order valence-electron chi connectivity index (χ4n) is 1.52. The number of nitrogens with one attached hydrogen (secondary N) is 1. The largest absolute Gasteiger partial charge is 0.343 e. The SMILES string of the molecule is CC1NC(=O)CN(Cc2cscn2)C1=O. The molecular formula is C9H11N3O2S. The number of piperazine rings is 1. The predicted octanol–water partition coefficient (Wildman–Crippen LogP) is -0.0100. The molecule has 1 unspecified atom stereocenters. The molecule has 0 aromatic carbocycles. The van der Waals surface area contributed by atoms with Crippen LogP contribution in [0.5, 0.6) is 0 Å². The van der Waals surface area contributed by atoms with Crippen molar-refractivity contribution in [3.63, 3.8) is 0 Å². The summed E-state index contributed by atoms with van der Waals surface area (Å²) in [6, 6.07) is -0.426. The Morgan fingerprint density at radius 3 is 3.13 bits per heavy atom. The molecule has 2 rings (SSSR count). The highest BCUT2D eigenvalue weighted by atomic mass is 32.1. The van der Waals surface area contributed by atoms with Gasteiger partial charge in [-0.25, -0.2) is 4.98 Å². The molecule has 5 nitrogen and oxygen atoms in total.